The van der Waals surface area contributed by atoms with Gasteiger partial charge in [-0.15, -0.1) is 0 Å². The normalized spacial score (nSPS) is 22.5. The third-order valence-electron chi connectivity index (χ3n) is 7.76. The molecule has 6 rings (SSSR count). The van der Waals surface area contributed by atoms with Crippen LogP contribution in [0, 0.1) is 0 Å². The molecule has 0 spiro atoms. The number of hydrogen-bond acceptors (Lipinski definition) is 6. The van der Waals surface area contributed by atoms with E-state index in [0.717, 1.165) is 37.2 Å². The van der Waals surface area contributed by atoms with Crippen LogP contribution < -0.4 is 4.74 Å². The lowest BCUT2D eigenvalue weighted by Gasteiger charge is -2.37. The highest BCUT2D eigenvalue weighted by molar-refractivity contribution is 6.35. The molecule has 3 atom stereocenters. The molecular formula is C32H33Cl2N3O4. The van der Waals surface area contributed by atoms with Gasteiger partial charge in [0.1, 0.15) is 18.1 Å². The maximum Gasteiger partial charge on any atom is 0.215 e. The van der Waals surface area contributed by atoms with Crippen LogP contribution in [0.1, 0.15) is 28.5 Å². The number of methoxy groups -OCH3 is 1. The minimum Gasteiger partial charge on any atom is -0.497 e. The van der Waals surface area contributed by atoms with Gasteiger partial charge in [-0.3, -0.25) is 4.90 Å². The van der Waals surface area contributed by atoms with Gasteiger partial charge in [0.05, 0.1) is 38.2 Å². The second-order valence-corrected chi connectivity index (χ2v) is 11.3. The Bertz CT molecular complexity index is 1450. The summed E-state index contributed by atoms with van der Waals surface area (Å²) in [6, 6.07) is 22.2. The summed E-state index contributed by atoms with van der Waals surface area (Å²) in [4.78, 5) is 6.59. The predicted molar refractivity (Wildman–Crippen MR) is 158 cm³/mol. The SMILES string of the molecule is COc1ccc(CCN2CCc3ccccc3C2OCC2COC(Cn3ccnc3)(c3ccc(Cl)cc3Cl)O2)cc1. The number of halogens is 2. The van der Waals surface area contributed by atoms with E-state index in [0.29, 0.717) is 29.8 Å². The van der Waals surface area contributed by atoms with Crippen LogP contribution in [-0.4, -0.2) is 54.0 Å². The number of imidazole rings is 1. The van der Waals surface area contributed by atoms with Crippen molar-refractivity contribution in [1.82, 2.24) is 14.5 Å². The molecule has 214 valence electrons. The molecule has 2 aliphatic rings. The van der Waals surface area contributed by atoms with Crippen molar-refractivity contribution < 1.29 is 18.9 Å². The van der Waals surface area contributed by atoms with Gasteiger partial charge >= 0.3 is 0 Å². The smallest absolute Gasteiger partial charge is 0.215 e. The van der Waals surface area contributed by atoms with Crippen LogP contribution in [0.15, 0.2) is 85.5 Å². The van der Waals surface area contributed by atoms with Gasteiger partial charge in [0.25, 0.3) is 0 Å². The number of nitrogens with zero attached hydrogens (tertiary/aromatic N) is 3. The molecule has 0 radical (unpaired) electrons. The lowest BCUT2D eigenvalue weighted by Crippen LogP contribution is -2.40. The van der Waals surface area contributed by atoms with E-state index in [1.165, 1.54) is 16.7 Å². The highest BCUT2D eigenvalue weighted by atomic mass is 35.5. The molecule has 3 unspecified atom stereocenters. The Morgan fingerprint density at radius 2 is 1.93 bits per heavy atom. The molecular weight excluding hydrogens is 561 g/mol. The zero-order chi connectivity index (χ0) is 28.2. The first kappa shape index (κ1) is 28.2. The first-order chi connectivity index (χ1) is 20.0. The molecule has 3 heterocycles. The van der Waals surface area contributed by atoms with Crippen LogP contribution in [-0.2, 0) is 39.4 Å². The Balaban J connectivity index is 1.18. The second-order valence-electron chi connectivity index (χ2n) is 10.4. The molecule has 7 nitrogen and oxygen atoms in total. The van der Waals surface area contributed by atoms with Crippen molar-refractivity contribution in [2.45, 2.75) is 37.5 Å². The molecule has 41 heavy (non-hydrogen) atoms. The van der Waals surface area contributed by atoms with Crippen molar-refractivity contribution in [3.8, 4) is 5.75 Å². The Kier molecular flexibility index (Phi) is 8.63. The maximum absolute atomic E-state index is 6.67. The summed E-state index contributed by atoms with van der Waals surface area (Å²) in [5.41, 5.74) is 4.52. The fourth-order valence-electron chi connectivity index (χ4n) is 5.64. The van der Waals surface area contributed by atoms with Crippen molar-refractivity contribution in [2.24, 2.45) is 0 Å². The highest BCUT2D eigenvalue weighted by Gasteiger charge is 2.45. The Morgan fingerprint density at radius 1 is 1.07 bits per heavy atom. The van der Waals surface area contributed by atoms with Gasteiger partial charge < -0.3 is 23.5 Å². The molecule has 9 heteroatoms. The van der Waals surface area contributed by atoms with Gasteiger partial charge in [-0.25, -0.2) is 4.98 Å². The van der Waals surface area contributed by atoms with Crippen LogP contribution in [0.5, 0.6) is 5.75 Å². The monoisotopic (exact) mass is 593 g/mol. The number of fused-ring (bicyclic) bond motifs is 1. The third-order valence-corrected chi connectivity index (χ3v) is 8.31. The third kappa shape index (κ3) is 6.31. The molecule has 0 N–H and O–H groups in total. The lowest BCUT2D eigenvalue weighted by atomic mass is 9.97. The van der Waals surface area contributed by atoms with E-state index in [2.05, 4.69) is 46.3 Å². The summed E-state index contributed by atoms with van der Waals surface area (Å²) in [6.07, 6.45) is 6.78. The molecule has 0 bridgehead atoms. The van der Waals surface area contributed by atoms with E-state index in [4.69, 9.17) is 42.1 Å². The van der Waals surface area contributed by atoms with Gasteiger partial charge in [-0.2, -0.15) is 0 Å². The van der Waals surface area contributed by atoms with Gasteiger partial charge in [0, 0.05) is 36.1 Å². The fourth-order valence-corrected chi connectivity index (χ4v) is 6.20. The zero-order valence-corrected chi connectivity index (χ0v) is 24.4. The summed E-state index contributed by atoms with van der Waals surface area (Å²) >= 11 is 12.8. The molecule has 0 amide bonds. The maximum atomic E-state index is 6.67. The first-order valence-electron chi connectivity index (χ1n) is 13.8. The van der Waals surface area contributed by atoms with Crippen LogP contribution in [0.3, 0.4) is 0 Å². The number of ether oxygens (including phenoxy) is 4. The van der Waals surface area contributed by atoms with Crippen LogP contribution in [0.2, 0.25) is 10.0 Å². The van der Waals surface area contributed by atoms with E-state index in [9.17, 15) is 0 Å². The summed E-state index contributed by atoms with van der Waals surface area (Å²) in [5.74, 6) is -0.223. The van der Waals surface area contributed by atoms with Crippen molar-refractivity contribution >= 4 is 23.2 Å². The van der Waals surface area contributed by atoms with Gasteiger partial charge in [0.15, 0.2) is 0 Å². The summed E-state index contributed by atoms with van der Waals surface area (Å²) in [6.45, 7) is 2.93. The number of aromatic nitrogens is 2. The molecule has 1 aromatic heterocycles. The van der Waals surface area contributed by atoms with Gasteiger partial charge in [-0.05, 0) is 53.8 Å². The highest BCUT2D eigenvalue weighted by Crippen LogP contribution is 2.41. The molecule has 0 saturated carbocycles. The summed E-state index contributed by atoms with van der Waals surface area (Å²) < 4.78 is 26.9. The van der Waals surface area contributed by atoms with E-state index < -0.39 is 5.79 Å². The van der Waals surface area contributed by atoms with E-state index in [-0.39, 0.29) is 12.3 Å². The largest absolute Gasteiger partial charge is 0.497 e. The average molecular weight is 595 g/mol. The average Bonchev–Trinajstić information content (AvgIpc) is 3.66. The van der Waals surface area contributed by atoms with Crippen LogP contribution >= 0.6 is 23.2 Å². The van der Waals surface area contributed by atoms with Crippen molar-refractivity contribution in [2.75, 3.05) is 33.4 Å². The topological polar surface area (TPSA) is 58.0 Å². The fraction of sp³-hybridized carbons (Fsp3) is 0.344. The van der Waals surface area contributed by atoms with E-state index in [1.54, 1.807) is 31.8 Å². The van der Waals surface area contributed by atoms with Crippen molar-refractivity contribution in [3.63, 3.8) is 0 Å². The Morgan fingerprint density at radius 3 is 2.71 bits per heavy atom. The summed E-state index contributed by atoms with van der Waals surface area (Å²) in [7, 11) is 1.69. The number of hydrogen-bond donors (Lipinski definition) is 0. The van der Waals surface area contributed by atoms with Crippen molar-refractivity contribution in [3.05, 3.63) is 118 Å². The molecule has 2 aliphatic heterocycles. The van der Waals surface area contributed by atoms with E-state index >= 15 is 0 Å². The first-order valence-corrected chi connectivity index (χ1v) is 14.6. The summed E-state index contributed by atoms with van der Waals surface area (Å²) in [5, 5.41) is 1.05. The van der Waals surface area contributed by atoms with Gasteiger partial charge in [-0.1, -0.05) is 65.7 Å². The lowest BCUT2D eigenvalue weighted by molar-refractivity contribution is -0.196. The predicted octanol–water partition coefficient (Wildman–Crippen LogP) is 6.28. The number of benzene rings is 3. The second kappa shape index (κ2) is 12.5. The molecule has 3 aromatic carbocycles. The number of rotatable bonds is 10. The minimum absolute atomic E-state index is 0.176. The molecule has 0 aliphatic carbocycles. The quantitative estimate of drug-likeness (QED) is 0.215. The standard InChI is InChI=1S/C32H33Cl2N3O4/c1-38-26-9-6-23(7-10-26)12-15-37-16-13-24-4-2-3-5-28(24)31(37)39-19-27-20-40-32(41-27,21-36-17-14-35-22-36)29-11-8-25(33)18-30(29)34/h2-11,14,17-18,22,27,31H,12-13,15-16,19-21H2,1H3. The molecule has 1 saturated heterocycles. The van der Waals surface area contributed by atoms with Crippen LogP contribution in [0.4, 0.5) is 0 Å². The Labute approximate surface area is 250 Å². The Hall–Kier alpha value is -2.91. The molecule has 1 fully saturated rings. The minimum atomic E-state index is -1.09. The van der Waals surface area contributed by atoms with Crippen LogP contribution in [0.25, 0.3) is 0 Å². The zero-order valence-electron chi connectivity index (χ0n) is 22.9. The van der Waals surface area contributed by atoms with Gasteiger partial charge in [0.2, 0.25) is 5.79 Å². The molecule has 4 aromatic rings. The van der Waals surface area contributed by atoms with Crippen molar-refractivity contribution in [1.29, 1.82) is 0 Å². The van der Waals surface area contributed by atoms with E-state index in [1.807, 2.05) is 29.0 Å².